The number of rotatable bonds is 7. The van der Waals surface area contributed by atoms with E-state index < -0.39 is 12.3 Å². The van der Waals surface area contributed by atoms with Gasteiger partial charge in [0, 0.05) is 23.7 Å². The minimum Gasteiger partial charge on any atom is -0.392 e. The number of morpholine rings is 1. The van der Waals surface area contributed by atoms with Gasteiger partial charge in [0.2, 0.25) is 5.95 Å². The number of carbonyl (C=O) groups is 1. The third-order valence-corrected chi connectivity index (χ3v) is 9.17. The van der Waals surface area contributed by atoms with Crippen molar-refractivity contribution in [2.75, 3.05) is 24.7 Å². The SMILES string of the molecule is CC1CCC(Cn2c(N3CCOC[C@H]3c3ccccc3)nc3nc(C4NOC(=O)N4)nc(-c4cc(Cl)cc(CO)c4)c32)CC1. The molecule has 7 rings (SSSR count). The number of aliphatic hydroxyl groups excluding tert-OH is 1. The average Bonchev–Trinajstić information content (AvgIpc) is 3.65. The fraction of sp³-hybridized carbons (Fsp3) is 0.438. The second-order valence-corrected chi connectivity index (χ2v) is 12.5. The lowest BCUT2D eigenvalue weighted by atomic mass is 9.83. The summed E-state index contributed by atoms with van der Waals surface area (Å²) < 4.78 is 8.27. The van der Waals surface area contributed by atoms with E-state index in [2.05, 4.69) is 39.3 Å². The number of ether oxygens (including phenoxy) is 1. The number of fused-ring (bicyclic) bond motifs is 1. The number of amides is 1. The molecule has 3 aliphatic rings. The molecule has 11 nitrogen and oxygen atoms in total. The summed E-state index contributed by atoms with van der Waals surface area (Å²) >= 11 is 6.55. The summed E-state index contributed by atoms with van der Waals surface area (Å²) in [6.45, 7) is 4.72. The lowest BCUT2D eigenvalue weighted by Gasteiger charge is -2.37. The zero-order chi connectivity index (χ0) is 30.2. The number of anilines is 1. The van der Waals surface area contributed by atoms with Gasteiger partial charge in [-0.1, -0.05) is 61.7 Å². The third-order valence-electron chi connectivity index (χ3n) is 8.95. The van der Waals surface area contributed by atoms with Gasteiger partial charge in [-0.15, -0.1) is 5.48 Å². The van der Waals surface area contributed by atoms with Gasteiger partial charge in [-0.3, -0.25) is 5.32 Å². The fourth-order valence-corrected chi connectivity index (χ4v) is 6.87. The molecule has 2 aromatic carbocycles. The summed E-state index contributed by atoms with van der Waals surface area (Å²) in [6.07, 6.45) is 3.32. The van der Waals surface area contributed by atoms with E-state index in [1.165, 1.54) is 12.8 Å². The van der Waals surface area contributed by atoms with Crippen LogP contribution in [-0.2, 0) is 22.7 Å². The first-order valence-corrected chi connectivity index (χ1v) is 15.7. The summed E-state index contributed by atoms with van der Waals surface area (Å²) in [7, 11) is 0. The maximum atomic E-state index is 11.9. The molecule has 230 valence electrons. The highest BCUT2D eigenvalue weighted by molar-refractivity contribution is 6.31. The summed E-state index contributed by atoms with van der Waals surface area (Å²) in [5.41, 5.74) is 7.14. The van der Waals surface area contributed by atoms with Crippen molar-refractivity contribution in [3.05, 3.63) is 70.5 Å². The number of imidazole rings is 1. The molecular formula is C32H36ClN7O4. The van der Waals surface area contributed by atoms with Gasteiger partial charge in [-0.2, -0.15) is 4.98 Å². The molecule has 3 N–H and O–H groups in total. The van der Waals surface area contributed by atoms with Gasteiger partial charge < -0.3 is 24.1 Å². The average molecular weight is 618 g/mol. The van der Waals surface area contributed by atoms with Crippen LogP contribution < -0.4 is 15.7 Å². The van der Waals surface area contributed by atoms with E-state index in [1.54, 1.807) is 6.07 Å². The highest BCUT2D eigenvalue weighted by Crippen LogP contribution is 2.39. The van der Waals surface area contributed by atoms with Crippen LogP contribution in [0.25, 0.3) is 22.4 Å². The maximum absolute atomic E-state index is 11.9. The van der Waals surface area contributed by atoms with Crippen LogP contribution in [-0.4, -0.2) is 50.5 Å². The van der Waals surface area contributed by atoms with Gasteiger partial charge in [0.25, 0.3) is 0 Å². The number of nitrogens with zero attached hydrogens (tertiary/aromatic N) is 5. The number of hydrogen-bond donors (Lipinski definition) is 3. The van der Waals surface area contributed by atoms with Crippen LogP contribution in [0.4, 0.5) is 10.7 Å². The second-order valence-electron chi connectivity index (χ2n) is 12.0. The quantitative estimate of drug-likeness (QED) is 0.254. The van der Waals surface area contributed by atoms with Gasteiger partial charge in [-0.25, -0.2) is 14.8 Å². The van der Waals surface area contributed by atoms with Crippen LogP contribution in [0.3, 0.4) is 0 Å². The largest absolute Gasteiger partial charge is 0.427 e. The van der Waals surface area contributed by atoms with Crippen molar-refractivity contribution in [3.63, 3.8) is 0 Å². The number of hydroxylamine groups is 1. The van der Waals surface area contributed by atoms with Gasteiger partial charge in [0.1, 0.15) is 11.2 Å². The Morgan fingerprint density at radius 1 is 1.07 bits per heavy atom. The van der Waals surface area contributed by atoms with Crippen molar-refractivity contribution < 1.29 is 19.5 Å². The summed E-state index contributed by atoms with van der Waals surface area (Å²) in [5.74, 6) is 2.33. The number of benzene rings is 2. The smallest absolute Gasteiger partial charge is 0.392 e. The molecule has 1 amide bonds. The molecule has 1 unspecified atom stereocenters. The number of carbonyl (C=O) groups excluding carboxylic acids is 1. The van der Waals surface area contributed by atoms with Crippen molar-refractivity contribution >= 4 is 34.8 Å². The normalized spacial score (nSPS) is 24.0. The van der Waals surface area contributed by atoms with Crippen molar-refractivity contribution in [2.24, 2.45) is 11.8 Å². The molecule has 1 aliphatic carbocycles. The first-order chi connectivity index (χ1) is 21.5. The van der Waals surface area contributed by atoms with E-state index in [9.17, 15) is 9.90 Å². The standard InChI is InChI=1S/C32H36ClN7O4/c1-19-7-9-20(10-8-19)16-40-27-26(23-13-21(17-41)14-24(33)15-23)34-29(30-37-32(42)44-38-30)35-28(27)36-31(40)39-11-12-43-18-25(39)22-5-3-2-4-6-22/h2-6,13-15,19-20,25,30,38,41H,7-12,16-18H2,1H3,(H,37,42)/t19?,20?,25-,30?/m0/s1. The molecule has 2 aliphatic heterocycles. The molecule has 2 aromatic heterocycles. The molecule has 4 aromatic rings. The molecule has 0 radical (unpaired) electrons. The van der Waals surface area contributed by atoms with E-state index in [4.69, 9.17) is 36.1 Å². The number of nitrogens with one attached hydrogen (secondary N) is 2. The molecule has 4 heterocycles. The molecule has 3 fully saturated rings. The highest BCUT2D eigenvalue weighted by Gasteiger charge is 2.34. The second kappa shape index (κ2) is 12.3. The minimum absolute atomic E-state index is 0.0286. The maximum Gasteiger partial charge on any atom is 0.427 e. The fourth-order valence-electron chi connectivity index (χ4n) is 6.61. The lowest BCUT2D eigenvalue weighted by Crippen LogP contribution is -2.41. The van der Waals surface area contributed by atoms with Gasteiger partial charge in [0.15, 0.2) is 17.6 Å². The summed E-state index contributed by atoms with van der Waals surface area (Å²) in [4.78, 5) is 34.3. The molecule has 0 spiro atoms. The van der Waals surface area contributed by atoms with Gasteiger partial charge in [0.05, 0.1) is 25.9 Å². The molecule has 12 heteroatoms. The molecule has 1 saturated carbocycles. The summed E-state index contributed by atoms with van der Waals surface area (Å²) in [6, 6.07) is 15.8. The van der Waals surface area contributed by atoms with Crippen LogP contribution in [0.15, 0.2) is 48.5 Å². The topological polar surface area (TPSA) is 127 Å². The molecular weight excluding hydrogens is 582 g/mol. The number of aliphatic hydroxyl groups is 1. The molecule has 44 heavy (non-hydrogen) atoms. The Labute approximate surface area is 260 Å². The van der Waals surface area contributed by atoms with Gasteiger partial charge >= 0.3 is 6.09 Å². The molecule has 2 saturated heterocycles. The summed E-state index contributed by atoms with van der Waals surface area (Å²) in [5, 5.41) is 13.2. The Morgan fingerprint density at radius 3 is 2.64 bits per heavy atom. The first-order valence-electron chi connectivity index (χ1n) is 15.3. The minimum atomic E-state index is -0.754. The van der Waals surface area contributed by atoms with Crippen molar-refractivity contribution in [3.8, 4) is 11.3 Å². The zero-order valence-corrected chi connectivity index (χ0v) is 25.3. The zero-order valence-electron chi connectivity index (χ0n) is 24.6. The van der Waals surface area contributed by atoms with E-state index >= 15 is 0 Å². The predicted octanol–water partition coefficient (Wildman–Crippen LogP) is 5.29. The number of halogens is 1. The van der Waals surface area contributed by atoms with E-state index in [0.29, 0.717) is 53.4 Å². The van der Waals surface area contributed by atoms with Crippen molar-refractivity contribution in [1.29, 1.82) is 0 Å². The monoisotopic (exact) mass is 617 g/mol. The Hall–Kier alpha value is -3.77. The van der Waals surface area contributed by atoms with E-state index in [0.717, 1.165) is 47.9 Å². The number of aromatic nitrogens is 4. The van der Waals surface area contributed by atoms with E-state index in [-0.39, 0.29) is 12.6 Å². The third kappa shape index (κ3) is 5.72. The number of hydrogen-bond acceptors (Lipinski definition) is 9. The predicted molar refractivity (Wildman–Crippen MR) is 166 cm³/mol. The molecule has 0 bridgehead atoms. The lowest BCUT2D eigenvalue weighted by molar-refractivity contribution is 0.0927. The Kier molecular flexibility index (Phi) is 8.11. The highest BCUT2D eigenvalue weighted by atomic mass is 35.5. The molecule has 2 atom stereocenters. The first kappa shape index (κ1) is 29.0. The Bertz CT molecular complexity index is 1660. The van der Waals surface area contributed by atoms with E-state index in [1.807, 2.05) is 30.3 Å². The van der Waals surface area contributed by atoms with Crippen LogP contribution in [0.2, 0.25) is 5.02 Å². The van der Waals surface area contributed by atoms with Gasteiger partial charge in [-0.05, 0) is 54.0 Å². The Morgan fingerprint density at radius 2 is 1.89 bits per heavy atom. The van der Waals surface area contributed by atoms with Crippen LogP contribution in [0.1, 0.15) is 61.8 Å². The van der Waals surface area contributed by atoms with Crippen molar-refractivity contribution in [2.45, 2.75) is 58.0 Å². The van der Waals surface area contributed by atoms with Crippen molar-refractivity contribution in [1.82, 2.24) is 30.3 Å². The Balaban J connectivity index is 1.44. The van der Waals surface area contributed by atoms with Crippen LogP contribution in [0.5, 0.6) is 0 Å². The van der Waals surface area contributed by atoms with Crippen LogP contribution >= 0.6 is 11.6 Å². The van der Waals surface area contributed by atoms with Crippen LogP contribution in [0, 0.1) is 11.8 Å².